The third kappa shape index (κ3) is 533. The van der Waals surface area contributed by atoms with Crippen molar-refractivity contribution in [3.63, 3.8) is 0 Å². The van der Waals surface area contributed by atoms with Crippen LogP contribution in [0.5, 0.6) is 0 Å². The van der Waals surface area contributed by atoms with E-state index in [2.05, 4.69) is 0 Å². The molecule has 0 heterocycles. The van der Waals surface area contributed by atoms with Gasteiger partial charge in [0, 0.05) is 47.0 Å². The smallest absolute Gasteiger partial charge is 0.0402 e. The molecule has 0 saturated carbocycles. The van der Waals surface area contributed by atoms with Crippen molar-refractivity contribution in [2.75, 3.05) is 6.61 Å². The minimum absolute atomic E-state index is 0. The fourth-order valence-electron chi connectivity index (χ4n) is 0. The summed E-state index contributed by atoms with van der Waals surface area (Å²) < 4.78 is 0. The Bertz CT molecular complexity index is 21.7. The van der Waals surface area contributed by atoms with Gasteiger partial charge in [-0.05, 0) is 6.92 Å². The first-order valence-corrected chi connectivity index (χ1v) is 1.02. The zero-order valence-electron chi connectivity index (χ0n) is 6.79. The molecule has 0 fully saturated rings. The van der Waals surface area contributed by atoms with Crippen LogP contribution in [0.3, 0.4) is 0 Å². The Morgan fingerprint density at radius 2 is 0.692 bits per heavy atom. The molecule has 0 aromatic rings. The van der Waals surface area contributed by atoms with Crippen molar-refractivity contribution in [3.05, 3.63) is 0 Å². The fraction of sp³-hybridized carbons (Fsp3) is 1.00. The molecule has 11 heteroatoms. The van der Waals surface area contributed by atoms with E-state index in [1.54, 1.807) is 6.92 Å². The molecule has 0 radical (unpaired) electrons. The van der Waals surface area contributed by atoms with Crippen molar-refractivity contribution < 1.29 is 78.4 Å². The van der Waals surface area contributed by atoms with Crippen LogP contribution in [0.15, 0.2) is 0 Å². The summed E-state index contributed by atoms with van der Waals surface area (Å²) in [7, 11) is 0. The summed E-state index contributed by atoms with van der Waals surface area (Å²) in [5.41, 5.74) is 0. The topological polar surface area (TPSA) is 209 Å². The fourth-order valence-corrected chi connectivity index (χ4v) is 0. The van der Waals surface area contributed by atoms with Crippen LogP contribution in [0.1, 0.15) is 6.92 Å². The number of hydrogen-bond donors (Lipinski definition) is 1. The first kappa shape index (κ1) is 188. The van der Waals surface area contributed by atoms with Crippen molar-refractivity contribution >= 4 is 37.2 Å². The average Bonchev–Trinajstić information content (AvgIpc) is 0.918. The Morgan fingerprint density at radius 3 is 0.692 bits per heavy atom. The van der Waals surface area contributed by atoms with Crippen LogP contribution in [0.25, 0.3) is 0 Å². The standard InChI is InChI=1S/C2H6O.3ClH.6H2O.Sm/c1-2-3;;;;;;;;;;/h3H,2H2,1H3;3*1H;6*1H2;. The second-order valence-electron chi connectivity index (χ2n) is 0.316. The Morgan fingerprint density at radius 1 is 0.692 bits per heavy atom. The summed E-state index contributed by atoms with van der Waals surface area (Å²) in [6.07, 6.45) is 0. The zero-order chi connectivity index (χ0) is 2.71. The first-order chi connectivity index (χ1) is 1.41. The number of rotatable bonds is 0. The summed E-state index contributed by atoms with van der Waals surface area (Å²) in [6, 6.07) is 0. The third-order valence-electron chi connectivity index (χ3n) is 0. The normalized spacial score (nSPS) is 1.38. The van der Waals surface area contributed by atoms with E-state index >= 15 is 0 Å². The van der Waals surface area contributed by atoms with E-state index in [0.29, 0.717) is 0 Å². The molecule has 7 nitrogen and oxygen atoms in total. The molecular formula is C2H21Cl3O7Sm. The molecule has 0 rings (SSSR count). The molecule has 0 amide bonds. The van der Waals surface area contributed by atoms with E-state index < -0.39 is 0 Å². The van der Waals surface area contributed by atoms with E-state index in [9.17, 15) is 0 Å². The molecule has 0 aliphatic heterocycles. The molecule has 0 atom stereocenters. The van der Waals surface area contributed by atoms with Gasteiger partial charge in [-0.3, -0.25) is 0 Å². The second-order valence-corrected chi connectivity index (χ2v) is 0.316. The quantitative estimate of drug-likeness (QED) is 0.417. The molecule has 0 aliphatic carbocycles. The van der Waals surface area contributed by atoms with Crippen LogP contribution in [-0.4, -0.2) is 44.6 Å². The van der Waals surface area contributed by atoms with Crippen molar-refractivity contribution in [2.45, 2.75) is 6.92 Å². The van der Waals surface area contributed by atoms with Gasteiger partial charge >= 0.3 is 0 Å². The molecule has 0 aromatic carbocycles. The molecule has 0 spiro atoms. The minimum atomic E-state index is 0. The summed E-state index contributed by atoms with van der Waals surface area (Å²) in [5.74, 6) is 0. The maximum absolute atomic E-state index is 7.57. The molecule has 0 aliphatic rings. The molecule has 13 N–H and O–H groups in total. The SMILES string of the molecule is CCO.Cl.Cl.Cl.O.O.O.O.O.O.[Sm]. The maximum Gasteiger partial charge on any atom is 0.0402 e. The van der Waals surface area contributed by atoms with Gasteiger partial charge in [0.25, 0.3) is 0 Å². The van der Waals surface area contributed by atoms with Crippen molar-refractivity contribution in [1.82, 2.24) is 0 Å². The van der Waals surface area contributed by atoms with Gasteiger partial charge in [0.2, 0.25) is 0 Å². The van der Waals surface area contributed by atoms with Crippen molar-refractivity contribution in [2.24, 2.45) is 0 Å². The van der Waals surface area contributed by atoms with E-state index in [-0.39, 0.29) is 117 Å². The first-order valence-electron chi connectivity index (χ1n) is 1.02. The maximum atomic E-state index is 7.57. The number of aliphatic hydroxyl groups excluding tert-OH is 1. The Labute approximate surface area is 128 Å². The van der Waals surface area contributed by atoms with E-state index in [0.717, 1.165) is 0 Å². The molecule has 0 saturated heterocycles. The molecule has 0 aromatic heterocycles. The third-order valence-corrected chi connectivity index (χ3v) is 0. The summed E-state index contributed by atoms with van der Waals surface area (Å²) in [6.45, 7) is 1.93. The number of halogens is 3. The van der Waals surface area contributed by atoms with Crippen LogP contribution in [-0.2, 0) is 0 Å². The van der Waals surface area contributed by atoms with Crippen molar-refractivity contribution in [1.29, 1.82) is 0 Å². The average molecular weight is 414 g/mol. The van der Waals surface area contributed by atoms with Crippen molar-refractivity contribution in [3.8, 4) is 0 Å². The predicted molar refractivity (Wildman–Crippen MR) is 56.2 cm³/mol. The van der Waals surface area contributed by atoms with Gasteiger partial charge in [0.15, 0.2) is 0 Å². The van der Waals surface area contributed by atoms with Gasteiger partial charge in [-0.25, -0.2) is 0 Å². The minimum Gasteiger partial charge on any atom is -0.412 e. The van der Waals surface area contributed by atoms with Crippen LogP contribution in [0.2, 0.25) is 0 Å². The monoisotopic (exact) mass is 414 g/mol. The van der Waals surface area contributed by atoms with Gasteiger partial charge in [-0.15, -0.1) is 37.2 Å². The van der Waals surface area contributed by atoms with Crippen LogP contribution >= 0.6 is 37.2 Å². The van der Waals surface area contributed by atoms with Crippen LogP contribution < -0.4 is 0 Å². The van der Waals surface area contributed by atoms with Gasteiger partial charge < -0.3 is 38.0 Å². The second kappa shape index (κ2) is 272. The molecule has 0 bridgehead atoms. The predicted octanol–water partition coefficient (Wildman–Crippen LogP) is -3.68. The Hall–Kier alpha value is 1.93. The largest absolute Gasteiger partial charge is 0.412 e. The number of hydrogen-bond acceptors (Lipinski definition) is 1. The van der Waals surface area contributed by atoms with E-state index in [4.69, 9.17) is 5.11 Å². The van der Waals surface area contributed by atoms with E-state index in [1.165, 1.54) is 0 Å². The molecule has 0 unspecified atom stereocenters. The molecular weight excluding hydrogens is 393 g/mol. The van der Waals surface area contributed by atoms with Crippen LogP contribution in [0.4, 0.5) is 0 Å². The van der Waals surface area contributed by atoms with Gasteiger partial charge in [-0.2, -0.15) is 0 Å². The Kier molecular flexibility index (Phi) is 3920. The summed E-state index contributed by atoms with van der Waals surface area (Å²) in [4.78, 5) is 0. The molecule has 98 valence electrons. The molecule has 13 heavy (non-hydrogen) atoms. The Balaban J connectivity index is -0.000000000444. The number of aliphatic hydroxyl groups is 1. The summed E-state index contributed by atoms with van der Waals surface area (Å²) >= 11 is 0. The van der Waals surface area contributed by atoms with Gasteiger partial charge in [0.05, 0.1) is 0 Å². The van der Waals surface area contributed by atoms with E-state index in [1.807, 2.05) is 0 Å². The van der Waals surface area contributed by atoms with Crippen LogP contribution in [0, 0.1) is 40.4 Å². The van der Waals surface area contributed by atoms with Gasteiger partial charge in [-0.1, -0.05) is 0 Å². The zero-order valence-corrected chi connectivity index (χ0v) is 11.9. The summed E-state index contributed by atoms with van der Waals surface area (Å²) in [5, 5.41) is 7.57. The van der Waals surface area contributed by atoms with Gasteiger partial charge in [0.1, 0.15) is 0 Å².